The smallest absolute Gasteiger partial charge is 0.0126 e. The Kier molecular flexibility index (Phi) is 6.15. The molecule has 0 spiro atoms. The summed E-state index contributed by atoms with van der Waals surface area (Å²) in [6.45, 7) is 9.58. The number of likely N-dealkylation sites (tertiary alicyclic amines) is 1. The number of hydrogen-bond acceptors (Lipinski definition) is 2. The van der Waals surface area contributed by atoms with Crippen molar-refractivity contribution in [1.82, 2.24) is 10.2 Å². The van der Waals surface area contributed by atoms with Gasteiger partial charge in [-0.3, -0.25) is 4.90 Å². The van der Waals surface area contributed by atoms with Crippen molar-refractivity contribution >= 4 is 0 Å². The quantitative estimate of drug-likeness (QED) is 0.786. The van der Waals surface area contributed by atoms with Gasteiger partial charge in [0, 0.05) is 18.1 Å². The molecule has 1 heterocycles. The fraction of sp³-hybridized carbons (Fsp3) is 1.00. The Balaban J connectivity index is 1.84. The maximum atomic E-state index is 3.65. The van der Waals surface area contributed by atoms with Crippen LogP contribution in [0.5, 0.6) is 0 Å². The summed E-state index contributed by atoms with van der Waals surface area (Å²) < 4.78 is 0. The normalized spacial score (nSPS) is 31.7. The molecule has 0 aromatic carbocycles. The van der Waals surface area contributed by atoms with Gasteiger partial charge in [0.2, 0.25) is 0 Å². The summed E-state index contributed by atoms with van der Waals surface area (Å²) in [5, 5.41) is 3.65. The fourth-order valence-electron chi connectivity index (χ4n) is 4.33. The van der Waals surface area contributed by atoms with Crippen LogP contribution in [-0.4, -0.2) is 36.1 Å². The van der Waals surface area contributed by atoms with Gasteiger partial charge >= 0.3 is 0 Å². The molecule has 0 aromatic heterocycles. The van der Waals surface area contributed by atoms with Gasteiger partial charge in [-0.15, -0.1) is 0 Å². The molecular formula is C17H34N2. The Hall–Kier alpha value is -0.0800. The molecule has 1 saturated carbocycles. The van der Waals surface area contributed by atoms with Crippen LogP contribution in [0.1, 0.15) is 72.1 Å². The molecule has 2 fully saturated rings. The van der Waals surface area contributed by atoms with E-state index in [1.165, 1.54) is 64.5 Å². The van der Waals surface area contributed by atoms with E-state index in [1.807, 2.05) is 0 Å². The largest absolute Gasteiger partial charge is 0.314 e. The lowest BCUT2D eigenvalue weighted by Gasteiger charge is -2.47. The average molecular weight is 266 g/mol. The molecule has 0 aromatic rings. The molecule has 2 aliphatic rings. The molecule has 0 radical (unpaired) electrons. The summed E-state index contributed by atoms with van der Waals surface area (Å²) in [6.07, 6.45) is 11.4. The highest BCUT2D eigenvalue weighted by molar-refractivity contribution is 4.90. The summed E-state index contributed by atoms with van der Waals surface area (Å²) in [5.41, 5.74) is 0. The molecule has 2 heteroatoms. The van der Waals surface area contributed by atoms with E-state index in [4.69, 9.17) is 0 Å². The number of piperidine rings is 1. The Morgan fingerprint density at radius 1 is 1.11 bits per heavy atom. The van der Waals surface area contributed by atoms with Crippen LogP contribution in [0.25, 0.3) is 0 Å². The van der Waals surface area contributed by atoms with Crippen LogP contribution in [0.2, 0.25) is 0 Å². The molecule has 112 valence electrons. The number of fused-ring (bicyclic) bond motifs is 1. The van der Waals surface area contributed by atoms with Gasteiger partial charge in [0.25, 0.3) is 0 Å². The lowest BCUT2D eigenvalue weighted by molar-refractivity contribution is 0.0261. The Bertz CT molecular complexity index is 252. The number of nitrogens with zero attached hydrogens (tertiary/aromatic N) is 1. The second-order valence-corrected chi connectivity index (χ2v) is 6.93. The standard InChI is InChI=1S/C17H34N2/c1-4-11-18-14(2)13-15(3)19-12-7-9-16-8-5-6-10-17(16)19/h14-18H,4-13H2,1-3H3/t14?,15?,16-,17-/m1/s1. The van der Waals surface area contributed by atoms with Crippen molar-refractivity contribution in [2.24, 2.45) is 5.92 Å². The van der Waals surface area contributed by atoms with Gasteiger partial charge in [0.1, 0.15) is 0 Å². The maximum Gasteiger partial charge on any atom is 0.0126 e. The molecule has 1 aliphatic heterocycles. The lowest BCUT2D eigenvalue weighted by Crippen LogP contribution is -2.51. The highest BCUT2D eigenvalue weighted by Crippen LogP contribution is 2.36. The van der Waals surface area contributed by atoms with Gasteiger partial charge in [-0.05, 0) is 71.4 Å². The number of hydrogen-bond donors (Lipinski definition) is 1. The van der Waals surface area contributed by atoms with Crippen LogP contribution in [0, 0.1) is 5.92 Å². The Morgan fingerprint density at radius 2 is 1.84 bits per heavy atom. The topological polar surface area (TPSA) is 15.3 Å². The van der Waals surface area contributed by atoms with Gasteiger partial charge in [0.05, 0.1) is 0 Å². The molecule has 4 atom stereocenters. The molecule has 1 saturated heterocycles. The van der Waals surface area contributed by atoms with Crippen LogP contribution >= 0.6 is 0 Å². The summed E-state index contributed by atoms with van der Waals surface area (Å²) in [5.74, 6) is 1.02. The summed E-state index contributed by atoms with van der Waals surface area (Å²) in [4.78, 5) is 2.86. The van der Waals surface area contributed by atoms with E-state index in [0.29, 0.717) is 6.04 Å². The van der Waals surface area contributed by atoms with Crippen LogP contribution in [0.4, 0.5) is 0 Å². The van der Waals surface area contributed by atoms with Gasteiger partial charge < -0.3 is 5.32 Å². The molecule has 0 bridgehead atoms. The first-order valence-corrected chi connectivity index (χ1v) is 8.71. The molecule has 0 amide bonds. The van der Waals surface area contributed by atoms with Crippen molar-refractivity contribution in [3.63, 3.8) is 0 Å². The average Bonchev–Trinajstić information content (AvgIpc) is 2.44. The minimum absolute atomic E-state index is 0.666. The van der Waals surface area contributed by atoms with Crippen LogP contribution < -0.4 is 5.32 Å². The van der Waals surface area contributed by atoms with E-state index in [0.717, 1.165) is 18.0 Å². The molecular weight excluding hydrogens is 232 g/mol. The highest BCUT2D eigenvalue weighted by atomic mass is 15.2. The predicted octanol–water partition coefficient (Wildman–Crippen LogP) is 3.81. The minimum atomic E-state index is 0.666. The number of nitrogens with one attached hydrogen (secondary N) is 1. The monoisotopic (exact) mass is 266 g/mol. The summed E-state index contributed by atoms with van der Waals surface area (Å²) >= 11 is 0. The molecule has 1 aliphatic carbocycles. The van der Waals surface area contributed by atoms with Gasteiger partial charge in [-0.1, -0.05) is 19.8 Å². The SMILES string of the molecule is CCCNC(C)CC(C)N1CCC[C@H]2CCCC[C@H]21. The van der Waals surface area contributed by atoms with Crippen molar-refractivity contribution in [3.8, 4) is 0 Å². The fourth-order valence-corrected chi connectivity index (χ4v) is 4.33. The van der Waals surface area contributed by atoms with E-state index in [-0.39, 0.29) is 0 Å². The minimum Gasteiger partial charge on any atom is -0.314 e. The van der Waals surface area contributed by atoms with Gasteiger partial charge in [0.15, 0.2) is 0 Å². The van der Waals surface area contributed by atoms with Crippen LogP contribution in [-0.2, 0) is 0 Å². The van der Waals surface area contributed by atoms with Crippen molar-refractivity contribution in [3.05, 3.63) is 0 Å². The highest BCUT2D eigenvalue weighted by Gasteiger charge is 2.35. The van der Waals surface area contributed by atoms with E-state index >= 15 is 0 Å². The van der Waals surface area contributed by atoms with Gasteiger partial charge in [-0.25, -0.2) is 0 Å². The summed E-state index contributed by atoms with van der Waals surface area (Å²) in [6, 6.07) is 2.33. The lowest BCUT2D eigenvalue weighted by atomic mass is 9.77. The third-order valence-electron chi connectivity index (χ3n) is 5.29. The third-order valence-corrected chi connectivity index (χ3v) is 5.29. The molecule has 2 unspecified atom stereocenters. The second-order valence-electron chi connectivity index (χ2n) is 6.93. The second kappa shape index (κ2) is 7.64. The van der Waals surface area contributed by atoms with Crippen molar-refractivity contribution < 1.29 is 0 Å². The van der Waals surface area contributed by atoms with Crippen LogP contribution in [0.3, 0.4) is 0 Å². The first-order valence-electron chi connectivity index (χ1n) is 8.71. The first-order chi connectivity index (χ1) is 9.22. The zero-order chi connectivity index (χ0) is 13.7. The first kappa shape index (κ1) is 15.3. The molecule has 1 N–H and O–H groups in total. The zero-order valence-corrected chi connectivity index (χ0v) is 13.3. The molecule has 2 nitrogen and oxygen atoms in total. The number of rotatable bonds is 6. The maximum absolute atomic E-state index is 3.65. The Labute approximate surface area is 120 Å². The van der Waals surface area contributed by atoms with Crippen molar-refractivity contribution in [2.75, 3.05) is 13.1 Å². The van der Waals surface area contributed by atoms with E-state index in [2.05, 4.69) is 31.0 Å². The van der Waals surface area contributed by atoms with Crippen molar-refractivity contribution in [2.45, 2.75) is 90.3 Å². The van der Waals surface area contributed by atoms with E-state index in [1.54, 1.807) is 0 Å². The predicted molar refractivity (Wildman–Crippen MR) is 83.5 cm³/mol. The molecule has 2 rings (SSSR count). The van der Waals surface area contributed by atoms with E-state index < -0.39 is 0 Å². The Morgan fingerprint density at radius 3 is 2.63 bits per heavy atom. The third kappa shape index (κ3) is 4.19. The zero-order valence-electron chi connectivity index (χ0n) is 13.3. The van der Waals surface area contributed by atoms with Gasteiger partial charge in [-0.2, -0.15) is 0 Å². The van der Waals surface area contributed by atoms with Crippen molar-refractivity contribution in [1.29, 1.82) is 0 Å². The van der Waals surface area contributed by atoms with Crippen LogP contribution in [0.15, 0.2) is 0 Å². The molecule has 19 heavy (non-hydrogen) atoms. The summed E-state index contributed by atoms with van der Waals surface area (Å²) in [7, 11) is 0. The van der Waals surface area contributed by atoms with E-state index in [9.17, 15) is 0 Å².